The number of hydrogen-bond acceptors (Lipinski definition) is 6. The molecule has 112 valence electrons. The molecule has 1 aromatic rings. The molecule has 0 spiro atoms. The topological polar surface area (TPSA) is 75.9 Å². The molecule has 0 saturated heterocycles. The number of hydrazine groups is 1. The molecule has 1 fully saturated rings. The number of aromatic nitrogens is 2. The van der Waals surface area contributed by atoms with E-state index in [1.54, 1.807) is 6.33 Å². The fourth-order valence-corrected chi connectivity index (χ4v) is 3.55. The standard InChI is InChI=1S/C14H25N5S/c1-9(2)12-13(16-8-17-14(12)19-15)18-10-4-6-11(20-3)7-5-10/h8-11H,4-7,15H2,1-3H3,(H2,16,17,18,19). The summed E-state index contributed by atoms with van der Waals surface area (Å²) in [7, 11) is 0. The van der Waals surface area contributed by atoms with E-state index < -0.39 is 0 Å². The minimum atomic E-state index is 0.326. The summed E-state index contributed by atoms with van der Waals surface area (Å²) < 4.78 is 0. The van der Waals surface area contributed by atoms with Gasteiger partial charge >= 0.3 is 0 Å². The molecule has 0 atom stereocenters. The fourth-order valence-electron chi connectivity index (χ4n) is 2.81. The van der Waals surface area contributed by atoms with Gasteiger partial charge in [-0.05, 0) is 37.9 Å². The first-order valence-corrected chi connectivity index (χ1v) is 8.55. The fraction of sp³-hybridized carbons (Fsp3) is 0.714. The zero-order valence-electron chi connectivity index (χ0n) is 12.5. The van der Waals surface area contributed by atoms with E-state index in [0.717, 1.165) is 22.4 Å². The number of nitrogen functional groups attached to an aromatic ring is 1. The highest BCUT2D eigenvalue weighted by Crippen LogP contribution is 2.32. The molecule has 20 heavy (non-hydrogen) atoms. The van der Waals surface area contributed by atoms with Gasteiger partial charge in [0.25, 0.3) is 0 Å². The van der Waals surface area contributed by atoms with Crippen LogP contribution in [0.2, 0.25) is 0 Å². The minimum Gasteiger partial charge on any atom is -0.367 e. The lowest BCUT2D eigenvalue weighted by Crippen LogP contribution is -2.28. The van der Waals surface area contributed by atoms with Crippen LogP contribution in [0, 0.1) is 0 Å². The number of thioether (sulfide) groups is 1. The lowest BCUT2D eigenvalue weighted by Gasteiger charge is -2.29. The molecule has 1 heterocycles. The highest BCUT2D eigenvalue weighted by Gasteiger charge is 2.22. The quantitative estimate of drug-likeness (QED) is 0.573. The first kappa shape index (κ1) is 15.4. The molecule has 0 bridgehead atoms. The predicted molar refractivity (Wildman–Crippen MR) is 87.1 cm³/mol. The van der Waals surface area contributed by atoms with Crippen molar-refractivity contribution in [2.24, 2.45) is 5.84 Å². The molecule has 2 rings (SSSR count). The summed E-state index contributed by atoms with van der Waals surface area (Å²) in [5, 5.41) is 4.42. The Morgan fingerprint density at radius 3 is 2.40 bits per heavy atom. The Morgan fingerprint density at radius 2 is 1.85 bits per heavy atom. The molecule has 0 aromatic carbocycles. The number of nitrogens with zero attached hydrogens (tertiary/aromatic N) is 2. The van der Waals surface area contributed by atoms with Gasteiger partial charge in [0, 0.05) is 16.9 Å². The molecular weight excluding hydrogens is 270 g/mol. The van der Waals surface area contributed by atoms with Crippen molar-refractivity contribution in [3.8, 4) is 0 Å². The van der Waals surface area contributed by atoms with Crippen molar-refractivity contribution in [3.05, 3.63) is 11.9 Å². The Bertz CT molecular complexity index is 430. The van der Waals surface area contributed by atoms with Crippen LogP contribution in [0.1, 0.15) is 51.0 Å². The Kier molecular flexibility index (Phi) is 5.48. The molecule has 1 saturated carbocycles. The lowest BCUT2D eigenvalue weighted by atomic mass is 9.94. The number of rotatable bonds is 5. The number of anilines is 2. The van der Waals surface area contributed by atoms with E-state index >= 15 is 0 Å². The lowest BCUT2D eigenvalue weighted by molar-refractivity contribution is 0.471. The molecule has 0 radical (unpaired) electrons. The third kappa shape index (κ3) is 3.55. The first-order chi connectivity index (χ1) is 9.65. The first-order valence-electron chi connectivity index (χ1n) is 7.26. The highest BCUT2D eigenvalue weighted by atomic mass is 32.2. The van der Waals surface area contributed by atoms with Crippen LogP contribution in [-0.4, -0.2) is 27.5 Å². The summed E-state index contributed by atoms with van der Waals surface area (Å²) in [5.74, 6) is 7.53. The maximum atomic E-state index is 5.56. The number of hydrogen-bond donors (Lipinski definition) is 3. The Labute approximate surface area is 125 Å². The van der Waals surface area contributed by atoms with Crippen LogP contribution in [0.25, 0.3) is 0 Å². The maximum Gasteiger partial charge on any atom is 0.148 e. The molecule has 0 unspecified atom stereocenters. The summed E-state index contributed by atoms with van der Waals surface area (Å²) in [6, 6.07) is 0.511. The van der Waals surface area contributed by atoms with Crippen molar-refractivity contribution in [3.63, 3.8) is 0 Å². The van der Waals surface area contributed by atoms with Crippen LogP contribution in [0.3, 0.4) is 0 Å². The van der Waals surface area contributed by atoms with Crippen LogP contribution in [0.15, 0.2) is 6.33 Å². The van der Waals surface area contributed by atoms with Gasteiger partial charge < -0.3 is 10.7 Å². The van der Waals surface area contributed by atoms with E-state index in [2.05, 4.69) is 40.8 Å². The van der Waals surface area contributed by atoms with Gasteiger partial charge in [0.1, 0.15) is 18.0 Å². The second-order valence-electron chi connectivity index (χ2n) is 5.64. The summed E-state index contributed by atoms with van der Waals surface area (Å²) in [5.41, 5.74) is 3.75. The van der Waals surface area contributed by atoms with Crippen LogP contribution in [0.5, 0.6) is 0 Å². The largest absolute Gasteiger partial charge is 0.367 e. The SMILES string of the molecule is CSC1CCC(Nc2ncnc(NN)c2C(C)C)CC1. The van der Waals surface area contributed by atoms with E-state index in [1.807, 2.05) is 11.8 Å². The van der Waals surface area contributed by atoms with E-state index in [-0.39, 0.29) is 0 Å². The van der Waals surface area contributed by atoms with Crippen molar-refractivity contribution in [1.82, 2.24) is 9.97 Å². The molecule has 4 N–H and O–H groups in total. The molecule has 0 amide bonds. The van der Waals surface area contributed by atoms with Crippen LogP contribution in [-0.2, 0) is 0 Å². The number of nitrogens with two attached hydrogens (primary N) is 1. The maximum absolute atomic E-state index is 5.56. The van der Waals surface area contributed by atoms with Crippen molar-refractivity contribution in [2.75, 3.05) is 17.0 Å². The summed E-state index contributed by atoms with van der Waals surface area (Å²) in [4.78, 5) is 8.63. The molecular formula is C14H25N5S. The van der Waals surface area contributed by atoms with Gasteiger partial charge in [0.15, 0.2) is 0 Å². The Hall–Kier alpha value is -1.01. The molecule has 1 aromatic heterocycles. The van der Waals surface area contributed by atoms with Crippen molar-refractivity contribution >= 4 is 23.4 Å². The smallest absolute Gasteiger partial charge is 0.148 e. The monoisotopic (exact) mass is 295 g/mol. The average Bonchev–Trinajstić information content (AvgIpc) is 2.47. The van der Waals surface area contributed by atoms with Gasteiger partial charge in [0.05, 0.1) is 0 Å². The van der Waals surface area contributed by atoms with Crippen molar-refractivity contribution in [2.45, 2.75) is 56.7 Å². The van der Waals surface area contributed by atoms with Gasteiger partial charge in [-0.25, -0.2) is 15.8 Å². The van der Waals surface area contributed by atoms with Gasteiger partial charge in [-0.3, -0.25) is 0 Å². The van der Waals surface area contributed by atoms with Crippen molar-refractivity contribution < 1.29 is 0 Å². The molecule has 6 heteroatoms. The summed E-state index contributed by atoms with van der Waals surface area (Å²) in [6.45, 7) is 4.27. The zero-order chi connectivity index (χ0) is 14.5. The predicted octanol–water partition coefficient (Wildman–Crippen LogP) is 2.97. The van der Waals surface area contributed by atoms with Crippen LogP contribution < -0.4 is 16.6 Å². The Morgan fingerprint density at radius 1 is 1.20 bits per heavy atom. The third-order valence-electron chi connectivity index (χ3n) is 3.95. The van der Waals surface area contributed by atoms with Gasteiger partial charge in [-0.2, -0.15) is 11.8 Å². The third-order valence-corrected chi connectivity index (χ3v) is 5.08. The Balaban J connectivity index is 2.09. The second-order valence-corrected chi connectivity index (χ2v) is 6.78. The van der Waals surface area contributed by atoms with Crippen molar-refractivity contribution in [1.29, 1.82) is 0 Å². The van der Waals surface area contributed by atoms with Gasteiger partial charge in [0.2, 0.25) is 0 Å². The van der Waals surface area contributed by atoms with E-state index in [9.17, 15) is 0 Å². The summed E-state index contributed by atoms with van der Waals surface area (Å²) in [6.07, 6.45) is 8.75. The molecule has 5 nitrogen and oxygen atoms in total. The molecule has 0 aliphatic heterocycles. The average molecular weight is 295 g/mol. The van der Waals surface area contributed by atoms with E-state index in [4.69, 9.17) is 5.84 Å². The molecule has 1 aliphatic carbocycles. The number of nitrogens with one attached hydrogen (secondary N) is 2. The molecule has 1 aliphatic rings. The van der Waals surface area contributed by atoms with Crippen LogP contribution >= 0.6 is 11.8 Å². The normalized spacial score (nSPS) is 22.9. The van der Waals surface area contributed by atoms with Gasteiger partial charge in [-0.1, -0.05) is 13.8 Å². The minimum absolute atomic E-state index is 0.326. The van der Waals surface area contributed by atoms with Crippen LogP contribution in [0.4, 0.5) is 11.6 Å². The highest BCUT2D eigenvalue weighted by molar-refractivity contribution is 7.99. The van der Waals surface area contributed by atoms with E-state index in [1.165, 1.54) is 25.7 Å². The summed E-state index contributed by atoms with van der Waals surface area (Å²) >= 11 is 1.99. The van der Waals surface area contributed by atoms with Gasteiger partial charge in [-0.15, -0.1) is 0 Å². The van der Waals surface area contributed by atoms with E-state index in [0.29, 0.717) is 12.0 Å². The zero-order valence-corrected chi connectivity index (χ0v) is 13.3. The second kappa shape index (κ2) is 7.13.